The monoisotopic (exact) mass is 299 g/mol. The second-order valence-corrected chi connectivity index (χ2v) is 4.79. The van der Waals surface area contributed by atoms with Crippen molar-refractivity contribution in [1.82, 2.24) is 0 Å². The number of hydrogen-bond donors (Lipinski definition) is 1. The molecule has 6 heteroatoms. The van der Waals surface area contributed by atoms with Crippen molar-refractivity contribution in [2.45, 2.75) is 11.7 Å². The van der Waals surface area contributed by atoms with Crippen molar-refractivity contribution in [3.8, 4) is 11.5 Å². The lowest BCUT2D eigenvalue weighted by Crippen LogP contribution is -2.07. The van der Waals surface area contributed by atoms with Crippen molar-refractivity contribution in [2.75, 3.05) is 5.32 Å². The van der Waals surface area contributed by atoms with Crippen molar-refractivity contribution in [3.63, 3.8) is 0 Å². The minimum Gasteiger partial charge on any atom is -0.455 e. The van der Waals surface area contributed by atoms with E-state index in [0.29, 0.717) is 17.1 Å². The zero-order valence-electron chi connectivity index (χ0n) is 10.0. The summed E-state index contributed by atoms with van der Waals surface area (Å²) in [5.74, 6) is 0.840. The fourth-order valence-electron chi connectivity index (χ4n) is 2.02. The molecule has 2 aromatic carbocycles. The summed E-state index contributed by atoms with van der Waals surface area (Å²) in [6, 6.07) is 10.3. The fraction of sp³-hybridized carbons (Fsp3) is 0.143. The van der Waals surface area contributed by atoms with Crippen LogP contribution < -0.4 is 10.1 Å². The Morgan fingerprint density at radius 3 is 2.55 bits per heavy atom. The number of halogens is 4. The first-order chi connectivity index (χ1) is 9.45. The second kappa shape index (κ2) is 4.59. The maximum Gasteiger partial charge on any atom is 0.416 e. The van der Waals surface area contributed by atoms with Crippen molar-refractivity contribution >= 4 is 17.3 Å². The van der Waals surface area contributed by atoms with Crippen LogP contribution >= 0.6 is 11.6 Å². The van der Waals surface area contributed by atoms with E-state index < -0.39 is 17.2 Å². The molecule has 104 valence electrons. The van der Waals surface area contributed by atoms with Gasteiger partial charge in [0.2, 0.25) is 0 Å². The first-order valence-corrected chi connectivity index (χ1v) is 6.27. The van der Waals surface area contributed by atoms with Gasteiger partial charge in [-0.25, -0.2) is 0 Å². The Morgan fingerprint density at radius 1 is 1.05 bits per heavy atom. The number of ether oxygens (including phenoxy) is 1. The van der Waals surface area contributed by atoms with Gasteiger partial charge < -0.3 is 10.1 Å². The van der Waals surface area contributed by atoms with Gasteiger partial charge in [0.1, 0.15) is 11.3 Å². The van der Waals surface area contributed by atoms with Crippen LogP contribution in [0.5, 0.6) is 11.5 Å². The van der Waals surface area contributed by atoms with Crippen LogP contribution in [0, 0.1) is 0 Å². The summed E-state index contributed by atoms with van der Waals surface area (Å²) in [5.41, 5.74) is -0.506. The van der Waals surface area contributed by atoms with E-state index in [2.05, 4.69) is 5.32 Å². The number of para-hydroxylation sites is 1. The molecule has 0 aromatic heterocycles. The Hall–Kier alpha value is -1.88. The molecule has 0 aliphatic carbocycles. The molecule has 3 rings (SSSR count). The molecule has 1 aliphatic rings. The van der Waals surface area contributed by atoms with Gasteiger partial charge in [0.05, 0.1) is 11.3 Å². The highest BCUT2D eigenvalue weighted by Gasteiger charge is 2.32. The minimum absolute atomic E-state index is 0.219. The molecule has 1 heterocycles. The molecule has 20 heavy (non-hydrogen) atoms. The van der Waals surface area contributed by atoms with Crippen molar-refractivity contribution in [3.05, 3.63) is 53.6 Å². The molecule has 2 aromatic rings. The molecule has 0 fully saturated rings. The summed E-state index contributed by atoms with van der Waals surface area (Å²) in [4.78, 5) is 0. The standard InChI is InChI=1S/C14H9ClF3NO/c15-13-9-3-1-2-4-11(9)20-12-6-5-8(14(16,17)18)7-10(12)19-13/h1-7,13,19H. The summed E-state index contributed by atoms with van der Waals surface area (Å²) in [6.07, 6.45) is -4.41. The number of hydrogen-bond acceptors (Lipinski definition) is 2. The maximum atomic E-state index is 12.7. The Kier molecular flexibility index (Phi) is 3.01. The summed E-state index contributed by atoms with van der Waals surface area (Å²) in [5, 5.41) is 2.83. The second-order valence-electron chi connectivity index (χ2n) is 4.36. The molecular formula is C14H9ClF3NO. The molecule has 0 saturated carbocycles. The smallest absolute Gasteiger partial charge is 0.416 e. The van der Waals surface area contributed by atoms with Crippen LogP contribution in [0.15, 0.2) is 42.5 Å². The fourth-order valence-corrected chi connectivity index (χ4v) is 2.32. The van der Waals surface area contributed by atoms with E-state index in [-0.39, 0.29) is 5.69 Å². The molecule has 1 N–H and O–H groups in total. The van der Waals surface area contributed by atoms with Crippen LogP contribution in [-0.2, 0) is 6.18 Å². The molecule has 0 radical (unpaired) electrons. The number of rotatable bonds is 0. The van der Waals surface area contributed by atoms with E-state index >= 15 is 0 Å². The predicted octanol–water partition coefficient (Wildman–Crippen LogP) is 5.16. The third-order valence-electron chi connectivity index (χ3n) is 3.00. The van der Waals surface area contributed by atoms with E-state index in [1.54, 1.807) is 24.3 Å². The lowest BCUT2D eigenvalue weighted by molar-refractivity contribution is -0.137. The van der Waals surface area contributed by atoms with Crippen LogP contribution in [0.2, 0.25) is 0 Å². The lowest BCUT2D eigenvalue weighted by atomic mass is 10.1. The van der Waals surface area contributed by atoms with Crippen molar-refractivity contribution in [1.29, 1.82) is 0 Å². The Balaban J connectivity index is 2.07. The molecule has 2 nitrogen and oxygen atoms in total. The van der Waals surface area contributed by atoms with Crippen molar-refractivity contribution in [2.24, 2.45) is 0 Å². The number of fused-ring (bicyclic) bond motifs is 2. The number of alkyl halides is 4. The predicted molar refractivity (Wildman–Crippen MR) is 70.2 cm³/mol. The van der Waals surface area contributed by atoms with Gasteiger partial charge in [-0.15, -0.1) is 0 Å². The van der Waals surface area contributed by atoms with E-state index in [1.807, 2.05) is 0 Å². The highest BCUT2D eigenvalue weighted by atomic mass is 35.5. The maximum absolute atomic E-state index is 12.7. The third-order valence-corrected chi connectivity index (χ3v) is 3.35. The number of anilines is 1. The zero-order valence-corrected chi connectivity index (χ0v) is 10.8. The molecule has 1 unspecified atom stereocenters. The zero-order chi connectivity index (χ0) is 14.3. The molecule has 1 atom stereocenters. The van der Waals surface area contributed by atoms with E-state index in [0.717, 1.165) is 12.1 Å². The van der Waals surface area contributed by atoms with Crippen molar-refractivity contribution < 1.29 is 17.9 Å². The molecule has 0 spiro atoms. The van der Waals surface area contributed by atoms with E-state index in [9.17, 15) is 13.2 Å². The Labute approximate surface area is 118 Å². The molecule has 0 bridgehead atoms. The van der Waals surface area contributed by atoms with Gasteiger partial charge >= 0.3 is 6.18 Å². The van der Waals surface area contributed by atoms with Gasteiger partial charge in [0.25, 0.3) is 0 Å². The topological polar surface area (TPSA) is 21.3 Å². The summed E-state index contributed by atoms with van der Waals surface area (Å²) < 4.78 is 43.8. The molecule has 0 saturated heterocycles. The van der Waals surface area contributed by atoms with Crippen LogP contribution in [0.25, 0.3) is 0 Å². The number of benzene rings is 2. The van der Waals surface area contributed by atoms with Gasteiger partial charge in [-0.05, 0) is 24.3 Å². The summed E-state index contributed by atoms with van der Waals surface area (Å²) in [7, 11) is 0. The average molecular weight is 300 g/mol. The summed E-state index contributed by atoms with van der Waals surface area (Å²) in [6.45, 7) is 0. The first-order valence-electron chi connectivity index (χ1n) is 5.84. The highest BCUT2D eigenvalue weighted by Crippen LogP contribution is 2.43. The SMILES string of the molecule is FC(F)(F)c1ccc2c(c1)NC(Cl)c1ccccc1O2. The quantitative estimate of drug-likeness (QED) is 0.536. The Morgan fingerprint density at radius 2 is 1.80 bits per heavy atom. The summed E-state index contributed by atoms with van der Waals surface area (Å²) >= 11 is 6.17. The van der Waals surface area contributed by atoms with Crippen LogP contribution in [-0.4, -0.2) is 0 Å². The average Bonchev–Trinajstić information content (AvgIpc) is 2.53. The van der Waals surface area contributed by atoms with Gasteiger partial charge in [0.15, 0.2) is 5.75 Å². The van der Waals surface area contributed by atoms with Crippen LogP contribution in [0.1, 0.15) is 16.6 Å². The normalized spacial score (nSPS) is 17.3. The van der Waals surface area contributed by atoms with Gasteiger partial charge in [0, 0.05) is 5.56 Å². The molecular weight excluding hydrogens is 291 g/mol. The largest absolute Gasteiger partial charge is 0.455 e. The van der Waals surface area contributed by atoms with Crippen LogP contribution in [0.3, 0.4) is 0 Å². The number of nitrogens with one attached hydrogen (secondary N) is 1. The molecule has 1 aliphatic heterocycles. The van der Waals surface area contributed by atoms with E-state index in [4.69, 9.17) is 16.3 Å². The van der Waals surface area contributed by atoms with Gasteiger partial charge in [-0.3, -0.25) is 0 Å². The minimum atomic E-state index is -4.41. The third kappa shape index (κ3) is 2.29. The van der Waals surface area contributed by atoms with Gasteiger partial charge in [-0.1, -0.05) is 29.8 Å². The molecule has 0 amide bonds. The van der Waals surface area contributed by atoms with E-state index in [1.165, 1.54) is 6.07 Å². The highest BCUT2D eigenvalue weighted by molar-refractivity contribution is 6.22. The van der Waals surface area contributed by atoms with Crippen LogP contribution in [0.4, 0.5) is 18.9 Å². The lowest BCUT2D eigenvalue weighted by Gasteiger charge is -2.13. The van der Waals surface area contributed by atoms with Gasteiger partial charge in [-0.2, -0.15) is 13.2 Å². The first kappa shape index (κ1) is 13.1. The Bertz CT molecular complexity index is 657.